The van der Waals surface area contributed by atoms with Crippen LogP contribution in [-0.4, -0.2) is 0 Å². The van der Waals surface area contributed by atoms with Crippen LogP contribution in [0.4, 0.5) is 0 Å². The number of rotatable bonds is 1. The van der Waals surface area contributed by atoms with Gasteiger partial charge in [-0.05, 0) is 10.8 Å². The standard InChI is InChI=1S/C10H7OS2.Na/c11-13(12)10-6-5-8-3-1-2-4-9(8)7-10;/h1-7H;/q-1;+1. The van der Waals surface area contributed by atoms with Gasteiger partial charge in [-0.1, -0.05) is 42.5 Å². The Balaban J connectivity index is 0.000000980. The zero-order chi connectivity index (χ0) is 9.26. The Morgan fingerprint density at radius 3 is 2.29 bits per heavy atom. The molecule has 0 saturated heterocycles. The van der Waals surface area contributed by atoms with Crippen molar-refractivity contribution in [3.8, 4) is 0 Å². The van der Waals surface area contributed by atoms with Gasteiger partial charge in [0.2, 0.25) is 0 Å². The quantitative estimate of drug-likeness (QED) is 0.491. The number of hydrogen-bond acceptors (Lipinski definition) is 3. The van der Waals surface area contributed by atoms with Crippen LogP contribution in [0.3, 0.4) is 0 Å². The summed E-state index contributed by atoms with van der Waals surface area (Å²) in [4.78, 5) is 0.703. The van der Waals surface area contributed by atoms with Gasteiger partial charge < -0.3 is 4.21 Å². The van der Waals surface area contributed by atoms with E-state index < -0.39 is 9.36 Å². The molecule has 2 rings (SSSR count). The van der Waals surface area contributed by atoms with E-state index in [4.69, 9.17) is 0 Å². The molecule has 0 radical (unpaired) electrons. The summed E-state index contributed by atoms with van der Waals surface area (Å²) in [5.74, 6) is 0. The summed E-state index contributed by atoms with van der Waals surface area (Å²) in [7, 11) is -1.30. The number of hydrogen-bond donors (Lipinski definition) is 0. The van der Waals surface area contributed by atoms with Gasteiger partial charge in [0, 0.05) is 0 Å². The van der Waals surface area contributed by atoms with Gasteiger partial charge in [-0.3, -0.25) is 0 Å². The van der Waals surface area contributed by atoms with E-state index in [-0.39, 0.29) is 29.6 Å². The van der Waals surface area contributed by atoms with Crippen LogP contribution in [0.2, 0.25) is 0 Å². The SMILES string of the molecule is O=[S-](=S)c1ccc2ccccc2c1.[Na+]. The second kappa shape index (κ2) is 5.24. The summed E-state index contributed by atoms with van der Waals surface area (Å²) in [5.41, 5.74) is 0. The minimum atomic E-state index is -1.30. The zero-order valence-corrected chi connectivity index (χ0v) is 11.4. The summed E-state index contributed by atoms with van der Waals surface area (Å²) in [6.45, 7) is 0. The monoisotopic (exact) mass is 230 g/mol. The van der Waals surface area contributed by atoms with Crippen molar-refractivity contribution in [2.75, 3.05) is 0 Å². The van der Waals surface area contributed by atoms with Crippen LogP contribution in [0.1, 0.15) is 0 Å². The third-order valence-electron chi connectivity index (χ3n) is 1.91. The molecule has 0 atom stereocenters. The van der Waals surface area contributed by atoms with Crippen LogP contribution >= 0.6 is 0 Å². The van der Waals surface area contributed by atoms with Gasteiger partial charge in [0.25, 0.3) is 0 Å². The maximum atomic E-state index is 11.0. The molecule has 0 aliphatic carbocycles. The van der Waals surface area contributed by atoms with Crippen LogP contribution in [0, 0.1) is 0 Å². The largest absolute Gasteiger partial charge is 1.00 e. The van der Waals surface area contributed by atoms with Crippen LogP contribution in [-0.2, 0) is 24.8 Å². The van der Waals surface area contributed by atoms with E-state index in [1.165, 1.54) is 0 Å². The van der Waals surface area contributed by atoms with Crippen molar-refractivity contribution in [2.45, 2.75) is 4.90 Å². The first kappa shape index (κ1) is 12.1. The molecule has 14 heavy (non-hydrogen) atoms. The molecule has 0 spiro atoms. The normalized spacial score (nSPS) is 10.1. The van der Waals surface area contributed by atoms with E-state index in [1.807, 2.05) is 42.5 Å². The van der Waals surface area contributed by atoms with E-state index >= 15 is 0 Å². The van der Waals surface area contributed by atoms with Crippen molar-refractivity contribution >= 4 is 31.3 Å². The van der Waals surface area contributed by atoms with Gasteiger partial charge in [-0.25, -0.2) is 11.2 Å². The summed E-state index contributed by atoms with van der Waals surface area (Å²) in [6, 6.07) is 13.6. The van der Waals surface area contributed by atoms with Crippen molar-refractivity contribution in [3.63, 3.8) is 0 Å². The third kappa shape index (κ3) is 2.55. The molecule has 0 bridgehead atoms. The summed E-state index contributed by atoms with van der Waals surface area (Å²) in [6.07, 6.45) is 0. The van der Waals surface area contributed by atoms with Crippen molar-refractivity contribution in [2.24, 2.45) is 0 Å². The molecule has 0 aromatic heterocycles. The first-order valence-corrected chi connectivity index (χ1v) is 5.93. The topological polar surface area (TPSA) is 17.1 Å². The van der Waals surface area contributed by atoms with Crippen LogP contribution in [0.5, 0.6) is 0 Å². The molecule has 0 aliphatic rings. The van der Waals surface area contributed by atoms with Crippen molar-refractivity contribution in [3.05, 3.63) is 42.5 Å². The Bertz CT molecular complexity index is 512. The van der Waals surface area contributed by atoms with Gasteiger partial charge in [-0.15, -0.1) is 4.90 Å². The second-order valence-corrected chi connectivity index (χ2v) is 4.59. The minimum absolute atomic E-state index is 0. The van der Waals surface area contributed by atoms with Crippen molar-refractivity contribution in [1.82, 2.24) is 0 Å². The summed E-state index contributed by atoms with van der Waals surface area (Å²) >= 11 is 4.68. The van der Waals surface area contributed by atoms with Crippen molar-refractivity contribution < 1.29 is 33.8 Å². The van der Waals surface area contributed by atoms with Gasteiger partial charge in [0.05, 0.1) is 0 Å². The first-order valence-electron chi connectivity index (χ1n) is 3.85. The second-order valence-electron chi connectivity index (χ2n) is 2.74. The van der Waals surface area contributed by atoms with E-state index in [0.717, 1.165) is 10.8 Å². The molecule has 1 nitrogen and oxygen atoms in total. The Morgan fingerprint density at radius 2 is 1.64 bits per heavy atom. The third-order valence-corrected chi connectivity index (χ3v) is 3.13. The predicted molar refractivity (Wildman–Crippen MR) is 57.6 cm³/mol. The first-order chi connectivity index (χ1) is 6.27. The smallest absolute Gasteiger partial charge is 0.447 e. The van der Waals surface area contributed by atoms with E-state index in [1.54, 1.807) is 0 Å². The predicted octanol–water partition coefficient (Wildman–Crippen LogP) is -0.372. The fraction of sp³-hybridized carbons (Fsp3) is 0. The number of fused-ring (bicyclic) bond motifs is 1. The Labute approximate surface area is 112 Å². The summed E-state index contributed by atoms with van der Waals surface area (Å²) in [5, 5.41) is 2.23. The van der Waals surface area contributed by atoms with Crippen LogP contribution < -0.4 is 29.6 Å². The molecule has 0 amide bonds. The molecule has 0 N–H and O–H groups in total. The molecule has 0 unspecified atom stereocenters. The van der Waals surface area contributed by atoms with Gasteiger partial charge in [0.1, 0.15) is 0 Å². The Hall–Kier alpha value is 0.0700. The molecule has 66 valence electrons. The summed E-state index contributed by atoms with van der Waals surface area (Å²) < 4.78 is 11.0. The van der Waals surface area contributed by atoms with Gasteiger partial charge in [0.15, 0.2) is 0 Å². The van der Waals surface area contributed by atoms with E-state index in [9.17, 15) is 4.21 Å². The Kier molecular flexibility index (Phi) is 4.54. The van der Waals surface area contributed by atoms with Crippen LogP contribution in [0.15, 0.2) is 47.4 Å². The van der Waals surface area contributed by atoms with Gasteiger partial charge in [-0.2, -0.15) is 9.36 Å². The van der Waals surface area contributed by atoms with E-state index in [2.05, 4.69) is 11.2 Å². The fourth-order valence-electron chi connectivity index (χ4n) is 1.27. The molecule has 0 heterocycles. The Morgan fingerprint density at radius 1 is 1.00 bits per heavy atom. The molecule has 2 aromatic rings. The van der Waals surface area contributed by atoms with Crippen LogP contribution in [0.25, 0.3) is 10.8 Å². The molecule has 0 saturated carbocycles. The average Bonchev–Trinajstić information content (AvgIpc) is 2.17. The van der Waals surface area contributed by atoms with Gasteiger partial charge >= 0.3 is 29.6 Å². The van der Waals surface area contributed by atoms with Crippen molar-refractivity contribution in [1.29, 1.82) is 0 Å². The van der Waals surface area contributed by atoms with E-state index in [0.29, 0.717) is 4.90 Å². The maximum absolute atomic E-state index is 11.0. The maximum Gasteiger partial charge on any atom is 1.00 e. The molecular formula is C10H7NaOS2. The average molecular weight is 230 g/mol. The zero-order valence-electron chi connectivity index (χ0n) is 7.77. The molecule has 4 heteroatoms. The molecule has 0 aliphatic heterocycles. The fourth-order valence-corrected chi connectivity index (χ4v) is 1.98. The molecule has 0 fully saturated rings. The minimum Gasteiger partial charge on any atom is -0.447 e. The number of benzene rings is 2. The molecule has 2 aromatic carbocycles. The molecular weight excluding hydrogens is 223 g/mol.